The first-order chi connectivity index (χ1) is 12.8. The predicted molar refractivity (Wildman–Crippen MR) is 111 cm³/mol. The molecule has 2 aliphatic rings. The molecule has 10 heteroatoms. The van der Waals surface area contributed by atoms with Crippen LogP contribution in [0.4, 0.5) is 0 Å². The van der Waals surface area contributed by atoms with Crippen molar-refractivity contribution < 1.29 is 13.2 Å². The number of likely N-dealkylation sites (tertiary alicyclic amines) is 1. The maximum absolute atomic E-state index is 11.9. The summed E-state index contributed by atoms with van der Waals surface area (Å²) in [5, 5.41) is 7.45. The summed E-state index contributed by atoms with van der Waals surface area (Å²) >= 11 is 0. The molecule has 1 amide bonds. The topological polar surface area (TPSA) is 110 Å². The van der Waals surface area contributed by atoms with E-state index in [9.17, 15) is 13.2 Å². The van der Waals surface area contributed by atoms with Gasteiger partial charge in [0.15, 0.2) is 9.84 Å². The van der Waals surface area contributed by atoms with Gasteiger partial charge in [-0.2, -0.15) is 5.10 Å². The molecule has 0 bridgehead atoms. The molecule has 3 rings (SSSR count). The first-order valence-electron chi connectivity index (χ1n) is 9.77. The van der Waals surface area contributed by atoms with E-state index >= 15 is 0 Å². The van der Waals surface area contributed by atoms with Gasteiger partial charge in [-0.25, -0.2) is 8.42 Å². The van der Waals surface area contributed by atoms with E-state index in [-0.39, 0.29) is 29.8 Å². The summed E-state index contributed by atoms with van der Waals surface area (Å²) in [7, 11) is -2.97. The number of nitrogens with two attached hydrogens (primary N) is 1. The van der Waals surface area contributed by atoms with Crippen LogP contribution >= 0.6 is 12.4 Å². The molecule has 0 spiro atoms. The van der Waals surface area contributed by atoms with Crippen molar-refractivity contribution >= 4 is 28.2 Å². The zero-order chi connectivity index (χ0) is 19.5. The lowest BCUT2D eigenvalue weighted by Gasteiger charge is -2.35. The van der Waals surface area contributed by atoms with Crippen molar-refractivity contribution in [3.8, 4) is 0 Å². The van der Waals surface area contributed by atoms with Crippen LogP contribution in [0.3, 0.4) is 0 Å². The van der Waals surface area contributed by atoms with Crippen LogP contribution in [0.5, 0.6) is 0 Å². The molecule has 3 N–H and O–H groups in total. The van der Waals surface area contributed by atoms with Gasteiger partial charge < -0.3 is 11.1 Å². The molecule has 2 unspecified atom stereocenters. The summed E-state index contributed by atoms with van der Waals surface area (Å²) in [6.07, 6.45) is 8.18. The van der Waals surface area contributed by atoms with Gasteiger partial charge in [0.05, 0.1) is 23.2 Å². The quantitative estimate of drug-likeness (QED) is 0.653. The van der Waals surface area contributed by atoms with Crippen molar-refractivity contribution in [1.29, 1.82) is 0 Å². The number of nitrogens with zero attached hydrogens (tertiary/aromatic N) is 3. The van der Waals surface area contributed by atoms with Gasteiger partial charge in [-0.3, -0.25) is 14.4 Å². The molecule has 2 aliphatic heterocycles. The molecule has 160 valence electrons. The number of carbonyl (C=O) groups is 1. The first kappa shape index (κ1) is 23.1. The summed E-state index contributed by atoms with van der Waals surface area (Å²) in [5.74, 6) is 0.391. The second-order valence-corrected chi connectivity index (χ2v) is 10.3. The fraction of sp³-hybridized carbons (Fsp3) is 0.778. The van der Waals surface area contributed by atoms with Crippen molar-refractivity contribution in [2.24, 2.45) is 5.73 Å². The second kappa shape index (κ2) is 9.56. The lowest BCUT2D eigenvalue weighted by Crippen LogP contribution is -2.46. The van der Waals surface area contributed by atoms with E-state index in [4.69, 9.17) is 5.73 Å². The Kier molecular flexibility index (Phi) is 7.89. The fourth-order valence-corrected chi connectivity index (χ4v) is 6.22. The summed E-state index contributed by atoms with van der Waals surface area (Å²) in [6.45, 7) is 4.73. The molecule has 0 saturated carbocycles. The number of rotatable bonds is 7. The minimum atomic E-state index is -2.97. The van der Waals surface area contributed by atoms with Crippen LogP contribution in [0.15, 0.2) is 12.4 Å². The average molecular weight is 434 g/mol. The van der Waals surface area contributed by atoms with Crippen molar-refractivity contribution in [2.75, 3.05) is 31.1 Å². The zero-order valence-corrected chi connectivity index (χ0v) is 18.1. The van der Waals surface area contributed by atoms with E-state index in [2.05, 4.69) is 15.3 Å². The lowest BCUT2D eigenvalue weighted by molar-refractivity contribution is -0.121. The Bertz CT molecular complexity index is 769. The number of sulfone groups is 1. The van der Waals surface area contributed by atoms with Crippen molar-refractivity contribution in [1.82, 2.24) is 20.0 Å². The van der Waals surface area contributed by atoms with Gasteiger partial charge in [0, 0.05) is 43.9 Å². The molecule has 2 saturated heterocycles. The summed E-state index contributed by atoms with van der Waals surface area (Å²) < 4.78 is 25.6. The van der Waals surface area contributed by atoms with Crippen LogP contribution in [0, 0.1) is 0 Å². The highest BCUT2D eigenvalue weighted by atomic mass is 35.5. The van der Waals surface area contributed by atoms with Crippen molar-refractivity contribution in [3.63, 3.8) is 0 Å². The number of halogens is 1. The van der Waals surface area contributed by atoms with E-state index in [1.54, 1.807) is 0 Å². The highest BCUT2D eigenvalue weighted by Crippen LogP contribution is 2.30. The van der Waals surface area contributed by atoms with Crippen LogP contribution in [-0.2, 0) is 26.7 Å². The molecule has 3 heterocycles. The maximum Gasteiger partial charge on any atom is 0.221 e. The molecule has 1 aromatic rings. The van der Waals surface area contributed by atoms with E-state index < -0.39 is 15.4 Å². The highest BCUT2D eigenvalue weighted by Gasteiger charge is 2.40. The van der Waals surface area contributed by atoms with E-state index in [1.807, 2.05) is 24.0 Å². The maximum atomic E-state index is 11.9. The molecular weight excluding hydrogens is 402 g/mol. The Morgan fingerprint density at radius 2 is 2.21 bits per heavy atom. The Morgan fingerprint density at radius 1 is 1.43 bits per heavy atom. The number of hydrogen-bond acceptors (Lipinski definition) is 6. The van der Waals surface area contributed by atoms with Gasteiger partial charge in [0.25, 0.3) is 0 Å². The summed E-state index contributed by atoms with van der Waals surface area (Å²) in [5.41, 5.74) is 6.07. The summed E-state index contributed by atoms with van der Waals surface area (Å²) in [4.78, 5) is 14.1. The molecule has 1 aromatic heterocycles. The third-order valence-electron chi connectivity index (χ3n) is 5.71. The third-order valence-corrected chi connectivity index (χ3v) is 7.60. The first-order valence-corrected chi connectivity index (χ1v) is 11.6. The normalized spacial score (nSPS) is 27.3. The minimum absolute atomic E-state index is 0. The lowest BCUT2D eigenvalue weighted by atomic mass is 10.0. The molecule has 0 radical (unpaired) electrons. The molecular formula is C18H32ClN5O3S. The second-order valence-electron chi connectivity index (χ2n) is 8.09. The molecule has 8 nitrogen and oxygen atoms in total. The average Bonchev–Trinajstić information content (AvgIpc) is 3.19. The minimum Gasteiger partial charge on any atom is -0.354 e. The van der Waals surface area contributed by atoms with E-state index in [1.165, 1.54) is 6.42 Å². The van der Waals surface area contributed by atoms with Crippen LogP contribution < -0.4 is 11.1 Å². The Hall–Kier alpha value is -1.16. The van der Waals surface area contributed by atoms with Gasteiger partial charge in [0.1, 0.15) is 0 Å². The van der Waals surface area contributed by atoms with Gasteiger partial charge in [-0.05, 0) is 32.7 Å². The Morgan fingerprint density at radius 3 is 2.89 bits per heavy atom. The van der Waals surface area contributed by atoms with Crippen LogP contribution in [0.25, 0.3) is 0 Å². The Balaban J connectivity index is 0.00000280. The molecule has 28 heavy (non-hydrogen) atoms. The van der Waals surface area contributed by atoms with Gasteiger partial charge in [-0.15, -0.1) is 12.4 Å². The molecule has 0 aliphatic carbocycles. The number of aromatic nitrogens is 2. The van der Waals surface area contributed by atoms with Crippen LogP contribution in [0.2, 0.25) is 0 Å². The van der Waals surface area contributed by atoms with E-state index in [0.717, 1.165) is 31.5 Å². The molecule has 0 aromatic carbocycles. The van der Waals surface area contributed by atoms with Gasteiger partial charge >= 0.3 is 0 Å². The summed E-state index contributed by atoms with van der Waals surface area (Å²) in [6, 6.07) is 0.311. The highest BCUT2D eigenvalue weighted by molar-refractivity contribution is 7.91. The number of hydrogen-bond donors (Lipinski definition) is 2. The standard InChI is InChI=1S/C18H31N5O3S.ClH/c1-18(6-9-27(25,26)14-18)23-13-15(10-21-23)12-22-8-3-2-4-16(22)11-20-17(24)5-7-19;/h10,13,16H,2-9,11-12,14,19H2,1H3,(H,20,24);1H. The van der Waals surface area contributed by atoms with Crippen LogP contribution in [-0.4, -0.2) is 66.2 Å². The van der Waals surface area contributed by atoms with E-state index in [0.29, 0.717) is 32.0 Å². The largest absolute Gasteiger partial charge is 0.354 e. The molecule has 2 fully saturated rings. The predicted octanol–water partition coefficient (Wildman–Crippen LogP) is 0.658. The fourth-order valence-electron chi connectivity index (χ4n) is 4.10. The zero-order valence-electron chi connectivity index (χ0n) is 16.5. The number of amides is 1. The SMILES string of the molecule is CC1(n2cc(CN3CCCCC3CNC(=O)CCN)cn2)CCS(=O)(=O)C1.Cl. The number of piperidine rings is 1. The number of carbonyl (C=O) groups excluding carboxylic acids is 1. The van der Waals surface area contributed by atoms with Gasteiger partial charge in [0.2, 0.25) is 5.91 Å². The monoisotopic (exact) mass is 433 g/mol. The third kappa shape index (κ3) is 5.68. The van der Waals surface area contributed by atoms with Gasteiger partial charge in [-0.1, -0.05) is 6.42 Å². The molecule has 2 atom stereocenters. The Labute approximate surface area is 173 Å². The van der Waals surface area contributed by atoms with Crippen LogP contribution in [0.1, 0.15) is 44.6 Å². The van der Waals surface area contributed by atoms with Crippen molar-refractivity contribution in [3.05, 3.63) is 18.0 Å². The van der Waals surface area contributed by atoms with Crippen molar-refractivity contribution in [2.45, 2.75) is 57.2 Å². The smallest absolute Gasteiger partial charge is 0.221 e. The number of nitrogens with one attached hydrogen (secondary N) is 1.